The zero-order chi connectivity index (χ0) is 21.0. The van der Waals surface area contributed by atoms with Crippen LogP contribution in [0.3, 0.4) is 0 Å². The first kappa shape index (κ1) is 21.2. The minimum atomic E-state index is -0.291. The third kappa shape index (κ3) is 5.51. The number of carbonyl (C=O) groups excluding carboxylic acids is 1. The average Bonchev–Trinajstić information content (AvgIpc) is 3.14. The maximum Gasteiger partial charge on any atom is 0.226 e. The molecule has 1 atom stereocenters. The molecule has 0 saturated carbocycles. The van der Waals surface area contributed by atoms with Crippen molar-refractivity contribution in [3.8, 4) is 10.6 Å². The van der Waals surface area contributed by atoms with Crippen LogP contribution in [0.1, 0.15) is 56.5 Å². The highest BCUT2D eigenvalue weighted by molar-refractivity contribution is 7.13. The fourth-order valence-electron chi connectivity index (χ4n) is 3.25. The van der Waals surface area contributed by atoms with E-state index in [1.54, 1.807) is 6.07 Å². The summed E-state index contributed by atoms with van der Waals surface area (Å²) in [5.41, 5.74) is 3.82. The highest BCUT2D eigenvalue weighted by Gasteiger charge is 2.19. The molecule has 1 unspecified atom stereocenters. The number of carbonyl (C=O) groups is 1. The van der Waals surface area contributed by atoms with Crippen molar-refractivity contribution in [3.05, 3.63) is 76.5 Å². The topological polar surface area (TPSA) is 42.0 Å². The summed E-state index contributed by atoms with van der Waals surface area (Å²) >= 11 is 1.42. The Labute approximate surface area is 176 Å². The number of halogens is 1. The van der Waals surface area contributed by atoms with Gasteiger partial charge in [-0.05, 0) is 35.1 Å². The molecule has 3 aromatic rings. The lowest BCUT2D eigenvalue weighted by molar-refractivity contribution is -0.121. The summed E-state index contributed by atoms with van der Waals surface area (Å²) in [6.07, 6.45) is 0.207. The number of amides is 1. The third-order valence-electron chi connectivity index (χ3n) is 4.91. The van der Waals surface area contributed by atoms with Gasteiger partial charge in [-0.1, -0.05) is 64.1 Å². The number of nitrogens with zero attached hydrogens (tertiary/aromatic N) is 1. The van der Waals surface area contributed by atoms with Crippen LogP contribution in [0.15, 0.2) is 53.9 Å². The normalized spacial score (nSPS) is 12.4. The number of rotatable bonds is 7. The predicted molar refractivity (Wildman–Crippen MR) is 117 cm³/mol. The molecule has 0 bridgehead atoms. The van der Waals surface area contributed by atoms with Gasteiger partial charge in [-0.25, -0.2) is 9.37 Å². The van der Waals surface area contributed by atoms with Gasteiger partial charge in [-0.15, -0.1) is 11.3 Å². The van der Waals surface area contributed by atoms with Crippen molar-refractivity contribution in [2.45, 2.75) is 46.1 Å². The first-order chi connectivity index (χ1) is 13.8. The van der Waals surface area contributed by atoms with E-state index in [0.29, 0.717) is 11.6 Å². The molecule has 3 rings (SSSR count). The molecule has 152 valence electrons. The quantitative estimate of drug-likeness (QED) is 0.509. The Balaban J connectivity index is 1.68. The molecule has 1 heterocycles. The molecule has 1 N–H and O–H groups in total. The molecule has 0 aliphatic heterocycles. The lowest BCUT2D eigenvalue weighted by Gasteiger charge is -2.23. The van der Waals surface area contributed by atoms with Crippen LogP contribution in [-0.4, -0.2) is 10.9 Å². The lowest BCUT2D eigenvalue weighted by atomic mass is 9.93. The van der Waals surface area contributed by atoms with Gasteiger partial charge < -0.3 is 5.32 Å². The van der Waals surface area contributed by atoms with Gasteiger partial charge in [0.1, 0.15) is 10.8 Å². The zero-order valence-electron chi connectivity index (χ0n) is 17.3. The molecule has 0 saturated heterocycles. The van der Waals surface area contributed by atoms with E-state index >= 15 is 0 Å². The van der Waals surface area contributed by atoms with Gasteiger partial charge in [0, 0.05) is 10.9 Å². The van der Waals surface area contributed by atoms with Crippen LogP contribution >= 0.6 is 11.3 Å². The molecule has 0 fully saturated rings. The Morgan fingerprint density at radius 1 is 1.07 bits per heavy atom. The molecule has 3 nitrogen and oxygen atoms in total. The first-order valence-electron chi connectivity index (χ1n) is 9.93. The van der Waals surface area contributed by atoms with Gasteiger partial charge in [0.25, 0.3) is 0 Å². The molecule has 5 heteroatoms. The number of hydrogen-bond acceptors (Lipinski definition) is 3. The van der Waals surface area contributed by atoms with Gasteiger partial charge in [-0.2, -0.15) is 0 Å². The minimum Gasteiger partial charge on any atom is -0.349 e. The third-order valence-corrected chi connectivity index (χ3v) is 5.85. The standard InChI is InChI=1S/C24H27FN2OS/c1-15(2)17-8-10-18(11-9-17)23(16(3)4)27-22(28)13-21-14-29-24(26-21)19-6-5-7-20(25)12-19/h5-12,14-16,23H,13H2,1-4H3,(H,27,28). The van der Waals surface area contributed by atoms with Gasteiger partial charge >= 0.3 is 0 Å². The Morgan fingerprint density at radius 3 is 2.38 bits per heavy atom. The van der Waals surface area contributed by atoms with Crippen LogP contribution in [0.2, 0.25) is 0 Å². The molecule has 0 radical (unpaired) electrons. The molecule has 0 aliphatic rings. The summed E-state index contributed by atoms with van der Waals surface area (Å²) in [5.74, 6) is 0.392. The number of aromatic nitrogens is 1. The van der Waals surface area contributed by atoms with Crippen LogP contribution in [0.25, 0.3) is 10.6 Å². The van der Waals surface area contributed by atoms with E-state index in [9.17, 15) is 9.18 Å². The maximum absolute atomic E-state index is 13.4. The number of benzene rings is 2. The summed E-state index contributed by atoms with van der Waals surface area (Å²) < 4.78 is 13.4. The second kappa shape index (κ2) is 9.31. The van der Waals surface area contributed by atoms with E-state index in [0.717, 1.165) is 16.1 Å². The van der Waals surface area contributed by atoms with Crippen molar-refractivity contribution in [2.24, 2.45) is 5.92 Å². The summed E-state index contributed by atoms with van der Waals surface area (Å²) in [7, 11) is 0. The van der Waals surface area contributed by atoms with E-state index in [4.69, 9.17) is 0 Å². The highest BCUT2D eigenvalue weighted by Crippen LogP contribution is 2.26. The van der Waals surface area contributed by atoms with Gasteiger partial charge in [0.2, 0.25) is 5.91 Å². The molecule has 1 amide bonds. The maximum atomic E-state index is 13.4. The fraction of sp³-hybridized carbons (Fsp3) is 0.333. The van der Waals surface area contributed by atoms with Gasteiger partial charge in [-0.3, -0.25) is 4.79 Å². The Bertz CT molecular complexity index is 963. The van der Waals surface area contributed by atoms with Crippen molar-refractivity contribution in [2.75, 3.05) is 0 Å². The van der Waals surface area contributed by atoms with Crippen LogP contribution in [0.4, 0.5) is 4.39 Å². The van der Waals surface area contributed by atoms with E-state index < -0.39 is 0 Å². The number of hydrogen-bond donors (Lipinski definition) is 1. The Kier molecular flexibility index (Phi) is 6.80. The molecular weight excluding hydrogens is 383 g/mol. The van der Waals surface area contributed by atoms with Gasteiger partial charge in [0.15, 0.2) is 0 Å². The first-order valence-corrected chi connectivity index (χ1v) is 10.8. The monoisotopic (exact) mass is 410 g/mol. The molecule has 29 heavy (non-hydrogen) atoms. The highest BCUT2D eigenvalue weighted by atomic mass is 32.1. The molecular formula is C24H27FN2OS. The van der Waals surface area contributed by atoms with Crippen LogP contribution in [0.5, 0.6) is 0 Å². The molecule has 2 aromatic carbocycles. The van der Waals surface area contributed by atoms with Crippen molar-refractivity contribution in [1.29, 1.82) is 0 Å². The smallest absolute Gasteiger partial charge is 0.226 e. The number of thiazole rings is 1. The van der Waals surface area contributed by atoms with Crippen molar-refractivity contribution in [1.82, 2.24) is 10.3 Å². The molecule has 0 spiro atoms. The molecule has 1 aromatic heterocycles. The summed E-state index contributed by atoms with van der Waals surface area (Å²) in [6.45, 7) is 8.55. The molecule has 0 aliphatic carbocycles. The van der Waals surface area contributed by atoms with Crippen LogP contribution < -0.4 is 5.32 Å². The van der Waals surface area contributed by atoms with Gasteiger partial charge in [0.05, 0.1) is 18.2 Å². The number of nitrogens with one attached hydrogen (secondary N) is 1. The Hall–Kier alpha value is -2.53. The minimum absolute atomic E-state index is 0.0509. The summed E-state index contributed by atoms with van der Waals surface area (Å²) in [4.78, 5) is 17.2. The fourth-order valence-corrected chi connectivity index (χ4v) is 4.07. The van der Waals surface area contributed by atoms with E-state index in [2.05, 4.69) is 62.3 Å². The van der Waals surface area contributed by atoms with Crippen molar-refractivity contribution >= 4 is 17.2 Å². The summed E-state index contributed by atoms with van der Waals surface area (Å²) in [6, 6.07) is 14.8. The van der Waals surface area contributed by atoms with E-state index in [-0.39, 0.29) is 30.1 Å². The van der Waals surface area contributed by atoms with Crippen LogP contribution in [-0.2, 0) is 11.2 Å². The predicted octanol–water partition coefficient (Wildman–Crippen LogP) is 6.13. The van der Waals surface area contributed by atoms with Crippen molar-refractivity contribution < 1.29 is 9.18 Å². The van der Waals surface area contributed by atoms with Crippen molar-refractivity contribution in [3.63, 3.8) is 0 Å². The largest absolute Gasteiger partial charge is 0.349 e. The van der Waals surface area contributed by atoms with Crippen LogP contribution in [0, 0.1) is 11.7 Å². The summed E-state index contributed by atoms with van der Waals surface area (Å²) in [5, 5.41) is 5.74. The van der Waals surface area contributed by atoms with E-state index in [1.165, 1.54) is 29.0 Å². The second-order valence-electron chi connectivity index (χ2n) is 7.94. The zero-order valence-corrected chi connectivity index (χ0v) is 18.1. The SMILES string of the molecule is CC(C)c1ccc(C(NC(=O)Cc2csc(-c3cccc(F)c3)n2)C(C)C)cc1. The second-order valence-corrected chi connectivity index (χ2v) is 8.80. The Morgan fingerprint density at radius 2 is 1.76 bits per heavy atom. The average molecular weight is 411 g/mol. The lowest BCUT2D eigenvalue weighted by Crippen LogP contribution is -2.32. The van der Waals surface area contributed by atoms with E-state index in [1.807, 2.05) is 11.4 Å².